The average molecular weight is 240 g/mol. The fourth-order valence-electron chi connectivity index (χ4n) is 1.89. The van der Waals surface area contributed by atoms with Crippen molar-refractivity contribution in [3.8, 4) is 0 Å². The van der Waals surface area contributed by atoms with Crippen molar-refractivity contribution in [3.63, 3.8) is 0 Å². The highest BCUT2D eigenvalue weighted by molar-refractivity contribution is 5.18. The normalized spacial score (nSPS) is 17.1. The molecule has 0 aliphatic heterocycles. The smallest absolute Gasteiger partial charge is 0.126 e. The summed E-state index contributed by atoms with van der Waals surface area (Å²) >= 11 is 0. The molecule has 0 heterocycles. The predicted octanol–water partition coefficient (Wildman–Crippen LogP) is 1.98. The van der Waals surface area contributed by atoms with Crippen molar-refractivity contribution >= 4 is 0 Å². The molecule has 1 aromatic carbocycles. The summed E-state index contributed by atoms with van der Waals surface area (Å²) in [4.78, 5) is 0. The SMILES string of the molecule is N[C@@H](CCNC1CC1)Cc1cc(F)cc(F)c1. The van der Waals surface area contributed by atoms with E-state index in [2.05, 4.69) is 5.32 Å². The molecular formula is C13H18F2N2. The topological polar surface area (TPSA) is 38.0 Å². The Kier molecular flexibility index (Phi) is 4.07. The molecule has 1 saturated carbocycles. The number of hydrogen-bond acceptors (Lipinski definition) is 2. The molecule has 1 aliphatic rings. The fourth-order valence-corrected chi connectivity index (χ4v) is 1.89. The van der Waals surface area contributed by atoms with Gasteiger partial charge in [-0.05, 0) is 49.9 Å². The number of halogens is 2. The van der Waals surface area contributed by atoms with E-state index >= 15 is 0 Å². The quantitative estimate of drug-likeness (QED) is 0.798. The highest BCUT2D eigenvalue weighted by atomic mass is 19.1. The Morgan fingerprint density at radius 2 is 1.88 bits per heavy atom. The Morgan fingerprint density at radius 3 is 2.47 bits per heavy atom. The van der Waals surface area contributed by atoms with Crippen LogP contribution in [0, 0.1) is 11.6 Å². The van der Waals surface area contributed by atoms with E-state index in [9.17, 15) is 8.78 Å². The number of hydrogen-bond donors (Lipinski definition) is 2. The van der Waals surface area contributed by atoms with Crippen molar-refractivity contribution in [1.29, 1.82) is 0 Å². The van der Waals surface area contributed by atoms with Crippen LogP contribution in [0.5, 0.6) is 0 Å². The lowest BCUT2D eigenvalue weighted by Crippen LogP contribution is -2.29. The molecule has 2 nitrogen and oxygen atoms in total. The van der Waals surface area contributed by atoms with Gasteiger partial charge in [-0.1, -0.05) is 0 Å². The first-order valence-electron chi connectivity index (χ1n) is 6.07. The van der Waals surface area contributed by atoms with E-state index in [0.717, 1.165) is 19.0 Å². The number of benzene rings is 1. The summed E-state index contributed by atoms with van der Waals surface area (Å²) in [5.74, 6) is -1.08. The minimum atomic E-state index is -0.539. The van der Waals surface area contributed by atoms with Gasteiger partial charge in [-0.25, -0.2) is 8.78 Å². The molecule has 0 saturated heterocycles. The van der Waals surface area contributed by atoms with Crippen molar-refractivity contribution < 1.29 is 8.78 Å². The van der Waals surface area contributed by atoms with Crippen LogP contribution in [-0.2, 0) is 6.42 Å². The summed E-state index contributed by atoms with van der Waals surface area (Å²) in [5.41, 5.74) is 6.55. The molecule has 0 spiro atoms. The van der Waals surface area contributed by atoms with Crippen LogP contribution in [0.2, 0.25) is 0 Å². The van der Waals surface area contributed by atoms with Gasteiger partial charge in [0.25, 0.3) is 0 Å². The van der Waals surface area contributed by atoms with Crippen LogP contribution in [0.25, 0.3) is 0 Å². The van der Waals surface area contributed by atoms with Crippen molar-refractivity contribution in [2.45, 2.75) is 37.8 Å². The summed E-state index contributed by atoms with van der Waals surface area (Å²) < 4.78 is 25.9. The average Bonchev–Trinajstić information content (AvgIpc) is 2.99. The zero-order chi connectivity index (χ0) is 12.3. The van der Waals surface area contributed by atoms with E-state index in [1.807, 2.05) is 0 Å². The van der Waals surface area contributed by atoms with E-state index in [1.54, 1.807) is 0 Å². The monoisotopic (exact) mass is 240 g/mol. The summed E-state index contributed by atoms with van der Waals surface area (Å²) in [6, 6.07) is 4.19. The molecule has 4 heteroatoms. The summed E-state index contributed by atoms with van der Waals surface area (Å²) in [7, 11) is 0. The van der Waals surface area contributed by atoms with E-state index in [0.29, 0.717) is 18.0 Å². The molecule has 3 N–H and O–H groups in total. The highest BCUT2D eigenvalue weighted by Gasteiger charge is 2.20. The molecule has 1 atom stereocenters. The number of nitrogens with two attached hydrogens (primary N) is 1. The largest absolute Gasteiger partial charge is 0.327 e. The van der Waals surface area contributed by atoms with Gasteiger partial charge in [-0.2, -0.15) is 0 Å². The second-order valence-corrected chi connectivity index (χ2v) is 4.76. The zero-order valence-corrected chi connectivity index (χ0v) is 9.76. The van der Waals surface area contributed by atoms with Crippen LogP contribution in [-0.4, -0.2) is 18.6 Å². The molecular weight excluding hydrogens is 222 g/mol. The van der Waals surface area contributed by atoms with Crippen LogP contribution in [0.1, 0.15) is 24.8 Å². The highest BCUT2D eigenvalue weighted by Crippen LogP contribution is 2.18. The first-order chi connectivity index (χ1) is 8.13. The second-order valence-electron chi connectivity index (χ2n) is 4.76. The molecule has 2 rings (SSSR count). The maximum atomic E-state index is 13.0. The van der Waals surface area contributed by atoms with Crippen molar-refractivity contribution in [2.75, 3.05) is 6.54 Å². The van der Waals surface area contributed by atoms with Crippen LogP contribution in [0.4, 0.5) is 8.78 Å². The maximum Gasteiger partial charge on any atom is 0.126 e. The molecule has 0 bridgehead atoms. The molecule has 1 aliphatic carbocycles. The lowest BCUT2D eigenvalue weighted by Gasteiger charge is -2.12. The third-order valence-electron chi connectivity index (χ3n) is 2.95. The molecule has 0 radical (unpaired) electrons. The van der Waals surface area contributed by atoms with Gasteiger partial charge >= 0.3 is 0 Å². The third kappa shape index (κ3) is 4.40. The number of nitrogens with one attached hydrogen (secondary N) is 1. The van der Waals surface area contributed by atoms with Crippen molar-refractivity contribution in [2.24, 2.45) is 5.73 Å². The van der Waals surface area contributed by atoms with Crippen LogP contribution < -0.4 is 11.1 Å². The standard InChI is InChI=1S/C13H18F2N2/c14-10-5-9(6-11(15)8-10)7-12(16)3-4-17-13-1-2-13/h5-6,8,12-13,17H,1-4,7,16H2/t12-/m0/s1. The molecule has 1 aromatic rings. The van der Waals surface area contributed by atoms with Crippen LogP contribution in [0.15, 0.2) is 18.2 Å². The Labute approximate surface area is 100 Å². The van der Waals surface area contributed by atoms with Crippen LogP contribution in [0.3, 0.4) is 0 Å². The fraction of sp³-hybridized carbons (Fsp3) is 0.538. The van der Waals surface area contributed by atoms with E-state index in [1.165, 1.54) is 25.0 Å². The molecule has 0 aromatic heterocycles. The Morgan fingerprint density at radius 1 is 1.24 bits per heavy atom. The molecule has 0 amide bonds. The third-order valence-corrected chi connectivity index (χ3v) is 2.95. The Hall–Kier alpha value is -1.00. The minimum absolute atomic E-state index is 0.0533. The van der Waals surface area contributed by atoms with Gasteiger partial charge in [-0.15, -0.1) is 0 Å². The van der Waals surface area contributed by atoms with Crippen LogP contribution >= 0.6 is 0 Å². The van der Waals surface area contributed by atoms with Crippen molar-refractivity contribution in [3.05, 3.63) is 35.4 Å². The molecule has 17 heavy (non-hydrogen) atoms. The zero-order valence-electron chi connectivity index (χ0n) is 9.76. The first-order valence-corrected chi connectivity index (χ1v) is 6.07. The Balaban J connectivity index is 1.77. The van der Waals surface area contributed by atoms with Gasteiger partial charge in [-0.3, -0.25) is 0 Å². The first kappa shape index (κ1) is 12.5. The van der Waals surface area contributed by atoms with Crippen molar-refractivity contribution in [1.82, 2.24) is 5.32 Å². The summed E-state index contributed by atoms with van der Waals surface area (Å²) in [5, 5.41) is 3.37. The summed E-state index contributed by atoms with van der Waals surface area (Å²) in [6.45, 7) is 0.879. The molecule has 0 unspecified atom stereocenters. The van der Waals surface area contributed by atoms with Gasteiger partial charge in [0.2, 0.25) is 0 Å². The number of rotatable bonds is 6. The summed E-state index contributed by atoms with van der Waals surface area (Å²) in [6.07, 6.45) is 3.85. The lowest BCUT2D eigenvalue weighted by atomic mass is 10.0. The van der Waals surface area contributed by atoms with Gasteiger partial charge in [0.05, 0.1) is 0 Å². The van der Waals surface area contributed by atoms with E-state index < -0.39 is 11.6 Å². The molecule has 1 fully saturated rings. The van der Waals surface area contributed by atoms with E-state index in [4.69, 9.17) is 5.73 Å². The van der Waals surface area contributed by atoms with Gasteiger partial charge in [0.15, 0.2) is 0 Å². The maximum absolute atomic E-state index is 13.0. The van der Waals surface area contributed by atoms with Gasteiger partial charge in [0.1, 0.15) is 11.6 Å². The van der Waals surface area contributed by atoms with E-state index in [-0.39, 0.29) is 6.04 Å². The van der Waals surface area contributed by atoms with Gasteiger partial charge in [0, 0.05) is 18.2 Å². The van der Waals surface area contributed by atoms with Gasteiger partial charge < -0.3 is 11.1 Å². The molecule has 94 valence electrons. The minimum Gasteiger partial charge on any atom is -0.327 e. The lowest BCUT2D eigenvalue weighted by molar-refractivity contribution is 0.547. The second kappa shape index (κ2) is 5.56. The Bertz CT molecular complexity index is 357. The predicted molar refractivity (Wildman–Crippen MR) is 63.7 cm³/mol.